The van der Waals surface area contributed by atoms with Crippen LogP contribution in [0, 0.1) is 18.8 Å². The van der Waals surface area contributed by atoms with Crippen LogP contribution < -0.4 is 19.5 Å². The third-order valence-corrected chi connectivity index (χ3v) is 12.2. The van der Waals surface area contributed by atoms with Crippen molar-refractivity contribution in [2.24, 2.45) is 11.8 Å². The maximum absolute atomic E-state index is 12.3. The number of hydrogen-bond acceptors (Lipinski definition) is 8. The molecule has 244 valence electrons. The van der Waals surface area contributed by atoms with Gasteiger partial charge in [0.25, 0.3) is 0 Å². The quantitative estimate of drug-likeness (QED) is 0.479. The van der Waals surface area contributed by atoms with Crippen LogP contribution in [0.15, 0.2) is 24.3 Å². The first-order valence-corrected chi connectivity index (χ1v) is 16.7. The van der Waals surface area contributed by atoms with Crippen LogP contribution >= 0.6 is 0 Å². The molecular weight excluding hydrogens is 568 g/mol. The zero-order valence-corrected chi connectivity index (χ0v) is 27.8. The van der Waals surface area contributed by atoms with Gasteiger partial charge >= 0.3 is 0 Å². The summed E-state index contributed by atoms with van der Waals surface area (Å²) in [6.45, 7) is 6.21. The van der Waals surface area contributed by atoms with Gasteiger partial charge in [-0.25, -0.2) is 0 Å². The van der Waals surface area contributed by atoms with Crippen molar-refractivity contribution in [3.63, 3.8) is 0 Å². The number of hydrogen-bond donors (Lipinski definition) is 2. The molecule has 6 unspecified atom stereocenters. The summed E-state index contributed by atoms with van der Waals surface area (Å²) in [5, 5.41) is 14.5. The molecule has 2 bridgehead atoms. The summed E-state index contributed by atoms with van der Waals surface area (Å²) in [5.41, 5.74) is 4.25. The Kier molecular flexibility index (Phi) is 8.68. The van der Waals surface area contributed by atoms with Crippen molar-refractivity contribution in [3.8, 4) is 23.0 Å². The van der Waals surface area contributed by atoms with E-state index in [-0.39, 0.29) is 16.6 Å². The van der Waals surface area contributed by atoms with Crippen molar-refractivity contribution in [1.29, 1.82) is 0 Å². The van der Waals surface area contributed by atoms with Crippen LogP contribution in [0.25, 0.3) is 0 Å². The minimum Gasteiger partial charge on any atom is -0.504 e. The van der Waals surface area contributed by atoms with Gasteiger partial charge in [0.1, 0.15) is 11.6 Å². The molecule has 8 heteroatoms. The summed E-state index contributed by atoms with van der Waals surface area (Å²) in [4.78, 5) is 27.0. The molecule has 45 heavy (non-hydrogen) atoms. The zero-order chi connectivity index (χ0) is 32.1. The fourth-order valence-electron chi connectivity index (χ4n) is 10.1. The van der Waals surface area contributed by atoms with Gasteiger partial charge in [0.15, 0.2) is 23.0 Å². The number of fused-ring (bicyclic) bond motifs is 2. The minimum absolute atomic E-state index is 0.0568. The van der Waals surface area contributed by atoms with E-state index in [2.05, 4.69) is 30.3 Å². The van der Waals surface area contributed by atoms with E-state index in [1.54, 1.807) is 21.3 Å². The first kappa shape index (κ1) is 31.9. The van der Waals surface area contributed by atoms with Crippen LogP contribution in [-0.2, 0) is 26.8 Å². The minimum atomic E-state index is -0.260. The standard InChI is InChI=1S/C19H27NO3.C18H23NO3/c1-12-5-8-16(23-4)18(22)17(12)19-9-10-20(3)13(2)15(19)7-6-14(21)11-19;1-21-15-6-3-11-9-14-13-5-4-12(20)10-18(13,7-8-19-14)16(11)17(15)22-2/h5,8,13,15,22H,6-7,9-11H2,1-4H3;3,6,13-14,19H,4-5,7-10H2,1-2H3. The SMILES string of the molecule is COc1ccc(C)c(C23CCN(C)C(C)C2CCC(=O)C3)c1O.COc1ccc2c(c1OC)C13CCNC(C2)C1CCC(=O)C3. The van der Waals surface area contributed by atoms with Crippen molar-refractivity contribution >= 4 is 11.6 Å². The highest BCUT2D eigenvalue weighted by atomic mass is 16.5. The normalized spacial score (nSPS) is 32.3. The molecule has 4 fully saturated rings. The number of likely N-dealkylation sites (tertiary alicyclic amines) is 1. The van der Waals surface area contributed by atoms with E-state index in [0.29, 0.717) is 60.5 Å². The van der Waals surface area contributed by atoms with Crippen LogP contribution in [-0.4, -0.2) is 75.1 Å². The van der Waals surface area contributed by atoms with Crippen LogP contribution in [0.2, 0.25) is 0 Å². The predicted octanol–water partition coefficient (Wildman–Crippen LogP) is 5.27. The molecular formula is C37H50N2O6. The fourth-order valence-corrected chi connectivity index (χ4v) is 10.1. The van der Waals surface area contributed by atoms with E-state index in [1.807, 2.05) is 25.1 Å². The first-order valence-electron chi connectivity index (χ1n) is 16.7. The van der Waals surface area contributed by atoms with Crippen LogP contribution in [0.4, 0.5) is 0 Å². The van der Waals surface area contributed by atoms with Gasteiger partial charge in [0, 0.05) is 59.7 Å². The highest BCUT2D eigenvalue weighted by Gasteiger charge is 2.55. The van der Waals surface area contributed by atoms with Gasteiger partial charge in [0.05, 0.1) is 21.3 Å². The number of nitrogens with zero attached hydrogens (tertiary/aromatic N) is 1. The zero-order valence-electron chi connectivity index (χ0n) is 27.8. The smallest absolute Gasteiger partial charge is 0.164 e. The van der Waals surface area contributed by atoms with Crippen molar-refractivity contribution in [2.75, 3.05) is 41.5 Å². The number of phenols is 1. The number of piperidine rings is 2. The Bertz CT molecular complexity index is 1470. The lowest BCUT2D eigenvalue weighted by molar-refractivity contribution is -0.126. The number of phenolic OH excluding ortho intramolecular Hbond substituents is 1. The first-order chi connectivity index (χ1) is 21.6. The number of methoxy groups -OCH3 is 3. The van der Waals surface area contributed by atoms with Crippen LogP contribution in [0.1, 0.15) is 80.5 Å². The number of nitrogens with one attached hydrogen (secondary N) is 1. The van der Waals surface area contributed by atoms with Crippen molar-refractivity contribution in [1.82, 2.24) is 10.2 Å². The summed E-state index contributed by atoms with van der Waals surface area (Å²) >= 11 is 0. The number of ketones is 2. The van der Waals surface area contributed by atoms with E-state index in [0.717, 1.165) is 74.2 Å². The molecule has 2 aromatic carbocycles. The summed E-state index contributed by atoms with van der Waals surface area (Å²) in [6.07, 6.45) is 7.43. The van der Waals surface area contributed by atoms with Gasteiger partial charge in [-0.05, 0) is 101 Å². The van der Waals surface area contributed by atoms with Crippen LogP contribution in [0.5, 0.6) is 23.0 Å². The summed E-state index contributed by atoms with van der Waals surface area (Å²) in [5.74, 6) is 3.99. The van der Waals surface area contributed by atoms with Gasteiger partial charge < -0.3 is 29.5 Å². The van der Waals surface area contributed by atoms with Gasteiger partial charge in [0.2, 0.25) is 0 Å². The predicted molar refractivity (Wildman–Crippen MR) is 174 cm³/mol. The van der Waals surface area contributed by atoms with E-state index in [1.165, 1.54) is 11.1 Å². The third kappa shape index (κ3) is 5.12. The number of carbonyl (C=O) groups is 2. The van der Waals surface area contributed by atoms with E-state index >= 15 is 0 Å². The molecule has 2 saturated heterocycles. The fraction of sp³-hybridized carbons (Fsp3) is 0.622. The Balaban J connectivity index is 0.000000159. The second-order valence-corrected chi connectivity index (χ2v) is 14.2. The van der Waals surface area contributed by atoms with E-state index < -0.39 is 0 Å². The maximum Gasteiger partial charge on any atom is 0.164 e. The van der Waals surface area contributed by atoms with Gasteiger partial charge in [-0.2, -0.15) is 0 Å². The molecule has 0 spiro atoms. The Hall–Kier alpha value is -3.10. The molecule has 7 rings (SSSR count). The molecule has 2 aromatic rings. The molecule has 3 aliphatic carbocycles. The molecule has 0 radical (unpaired) electrons. The molecule has 0 amide bonds. The molecule has 2 saturated carbocycles. The van der Waals surface area contributed by atoms with Crippen molar-refractivity contribution in [2.45, 2.75) is 94.5 Å². The topological polar surface area (TPSA) is 97.3 Å². The lowest BCUT2D eigenvalue weighted by Gasteiger charge is -2.55. The Morgan fingerprint density at radius 3 is 2.18 bits per heavy atom. The van der Waals surface area contributed by atoms with Crippen LogP contribution in [0.3, 0.4) is 0 Å². The molecule has 5 aliphatic rings. The average Bonchev–Trinajstić information content (AvgIpc) is 3.02. The summed E-state index contributed by atoms with van der Waals surface area (Å²) in [7, 11) is 7.12. The molecule has 6 atom stereocenters. The number of aromatic hydroxyl groups is 1. The number of benzene rings is 2. The maximum atomic E-state index is 12.3. The van der Waals surface area contributed by atoms with Crippen molar-refractivity contribution < 1.29 is 28.9 Å². The molecule has 2 aliphatic heterocycles. The van der Waals surface area contributed by atoms with Gasteiger partial charge in [-0.15, -0.1) is 0 Å². The number of Topliss-reactive ketones (excluding diaryl/α,β-unsaturated/α-hetero) is 2. The second kappa shape index (κ2) is 12.3. The lowest BCUT2D eigenvalue weighted by atomic mass is 9.52. The van der Waals surface area contributed by atoms with Gasteiger partial charge in [-0.1, -0.05) is 12.1 Å². The average molecular weight is 619 g/mol. The second-order valence-electron chi connectivity index (χ2n) is 14.2. The van der Waals surface area contributed by atoms with E-state index in [4.69, 9.17) is 14.2 Å². The number of aryl methyl sites for hydroxylation is 1. The Labute approximate surface area is 267 Å². The molecule has 2 heterocycles. The highest BCUT2D eigenvalue weighted by Crippen LogP contribution is 2.57. The largest absolute Gasteiger partial charge is 0.504 e. The highest BCUT2D eigenvalue weighted by molar-refractivity contribution is 5.83. The summed E-state index contributed by atoms with van der Waals surface area (Å²) in [6, 6.07) is 8.86. The van der Waals surface area contributed by atoms with Gasteiger partial charge in [-0.3, -0.25) is 9.59 Å². The van der Waals surface area contributed by atoms with E-state index in [9.17, 15) is 14.7 Å². The number of rotatable bonds is 4. The Morgan fingerprint density at radius 1 is 0.867 bits per heavy atom. The van der Waals surface area contributed by atoms with Crippen molar-refractivity contribution in [3.05, 3.63) is 46.5 Å². The number of carbonyl (C=O) groups excluding carboxylic acids is 2. The molecule has 2 N–H and O–H groups in total. The molecule has 8 nitrogen and oxygen atoms in total. The third-order valence-electron chi connectivity index (χ3n) is 12.2. The summed E-state index contributed by atoms with van der Waals surface area (Å²) < 4.78 is 16.6. The lowest BCUT2D eigenvalue weighted by Crippen LogP contribution is -2.60. The Morgan fingerprint density at radius 2 is 1.51 bits per heavy atom. The monoisotopic (exact) mass is 618 g/mol. The molecule has 0 aromatic heterocycles. The number of ether oxygens (including phenoxy) is 3.